The summed E-state index contributed by atoms with van der Waals surface area (Å²) in [6.45, 7) is 4.16. The normalized spacial score (nSPS) is 15.9. The predicted molar refractivity (Wildman–Crippen MR) is 189 cm³/mol. The Morgan fingerprint density at radius 2 is 1.34 bits per heavy atom. The van der Waals surface area contributed by atoms with E-state index in [1.165, 1.54) is 33.5 Å². The summed E-state index contributed by atoms with van der Waals surface area (Å²) in [5.74, 6) is 7.16. The van der Waals surface area contributed by atoms with Crippen molar-refractivity contribution in [3.8, 4) is 16.2 Å². The van der Waals surface area contributed by atoms with E-state index in [4.69, 9.17) is 9.97 Å². The molecule has 2 aromatic heterocycles. The van der Waals surface area contributed by atoms with Crippen LogP contribution in [0, 0.1) is 16.2 Å². The molecule has 6 rings (SSSR count). The fourth-order valence-corrected chi connectivity index (χ4v) is 13.4. The Morgan fingerprint density at radius 3 is 1.86 bits per heavy atom. The first-order chi connectivity index (χ1) is 21.7. The van der Waals surface area contributed by atoms with Crippen molar-refractivity contribution in [1.82, 2.24) is 9.97 Å². The van der Waals surface area contributed by atoms with Crippen molar-refractivity contribution < 1.29 is 17.9 Å². The van der Waals surface area contributed by atoms with E-state index in [-0.39, 0.29) is 0 Å². The summed E-state index contributed by atoms with van der Waals surface area (Å²) < 4.78 is 3.78. The molecule has 44 heavy (non-hydrogen) atoms. The Labute approximate surface area is 278 Å². The van der Waals surface area contributed by atoms with Crippen LogP contribution in [0.4, 0.5) is 0 Å². The van der Waals surface area contributed by atoms with Gasteiger partial charge in [-0.05, 0) is 6.92 Å². The van der Waals surface area contributed by atoms with Crippen molar-refractivity contribution in [3.05, 3.63) is 141 Å². The van der Waals surface area contributed by atoms with Gasteiger partial charge in [-0.2, -0.15) is 0 Å². The number of hydrogen-bond acceptors (Lipinski definition) is 4. The van der Waals surface area contributed by atoms with Gasteiger partial charge >= 0.3 is 273 Å². The Balaban J connectivity index is 1.67. The summed E-state index contributed by atoms with van der Waals surface area (Å²) in [6, 6.07) is 32.9. The molecular formula is C38H31N2OsPS2+. The molecule has 0 radical (unpaired) electrons. The second kappa shape index (κ2) is 14.1. The van der Waals surface area contributed by atoms with Crippen LogP contribution < -0.4 is 15.9 Å². The third kappa shape index (κ3) is 6.08. The van der Waals surface area contributed by atoms with Gasteiger partial charge in [0.05, 0.1) is 0 Å². The SMILES string of the molecule is CC=C1CCCC1=CC(C#Cc1nc2sc(/C=C/C)nc2s1)=C([C]#[Os])[P+](c1ccccc1)(c1ccccc1)c1ccccc1. The molecule has 0 amide bonds. The number of thiazole rings is 2. The number of hydrogen-bond donors (Lipinski definition) is 0. The second-order valence-electron chi connectivity index (χ2n) is 10.3. The van der Waals surface area contributed by atoms with E-state index in [1.807, 2.05) is 19.1 Å². The van der Waals surface area contributed by atoms with E-state index >= 15 is 0 Å². The number of nitrogens with zero attached hydrogens (tertiary/aromatic N) is 2. The van der Waals surface area contributed by atoms with Gasteiger partial charge in [-0.1, -0.05) is 0 Å². The third-order valence-electron chi connectivity index (χ3n) is 7.68. The Bertz CT molecular complexity index is 1890. The molecule has 1 saturated carbocycles. The average molecular weight is 801 g/mol. The average Bonchev–Trinajstić information content (AvgIpc) is 3.78. The van der Waals surface area contributed by atoms with E-state index in [9.17, 15) is 0 Å². The van der Waals surface area contributed by atoms with Gasteiger partial charge in [0.25, 0.3) is 0 Å². The molecule has 0 bridgehead atoms. The minimum absolute atomic E-state index is 0.792. The zero-order valence-corrected chi connectivity index (χ0v) is 29.7. The van der Waals surface area contributed by atoms with Gasteiger partial charge < -0.3 is 0 Å². The van der Waals surface area contributed by atoms with Gasteiger partial charge in [-0.3, -0.25) is 0 Å². The Kier molecular flexibility index (Phi) is 9.80. The van der Waals surface area contributed by atoms with Crippen LogP contribution in [-0.2, 0) is 17.9 Å². The molecule has 2 heterocycles. The summed E-state index contributed by atoms with van der Waals surface area (Å²) in [5.41, 5.74) is 3.81. The molecule has 217 valence electrons. The van der Waals surface area contributed by atoms with Crippen LogP contribution in [0.15, 0.2) is 131 Å². The molecule has 0 atom stereocenters. The summed E-state index contributed by atoms with van der Waals surface area (Å²) in [7, 11) is -2.38. The van der Waals surface area contributed by atoms with Crippen LogP contribution in [0.1, 0.15) is 43.1 Å². The van der Waals surface area contributed by atoms with Gasteiger partial charge in [0.15, 0.2) is 0 Å². The van der Waals surface area contributed by atoms with Crippen molar-refractivity contribution in [3.63, 3.8) is 0 Å². The zero-order valence-electron chi connectivity index (χ0n) is 24.6. The maximum absolute atomic E-state index is 4.88. The van der Waals surface area contributed by atoms with Crippen molar-refractivity contribution in [2.75, 3.05) is 0 Å². The molecule has 5 aromatic rings. The number of fused-ring (bicyclic) bond motifs is 1. The maximum atomic E-state index is 4.88. The first-order valence-electron chi connectivity index (χ1n) is 14.6. The van der Waals surface area contributed by atoms with Crippen LogP contribution in [-0.4, -0.2) is 9.97 Å². The van der Waals surface area contributed by atoms with Crippen LogP contribution in [0.2, 0.25) is 0 Å². The van der Waals surface area contributed by atoms with Crippen LogP contribution in [0.5, 0.6) is 0 Å². The molecule has 0 unspecified atom stereocenters. The summed E-state index contributed by atoms with van der Waals surface area (Å²) in [4.78, 5) is 11.5. The molecule has 1 fully saturated rings. The zero-order chi connectivity index (χ0) is 30.4. The van der Waals surface area contributed by atoms with Gasteiger partial charge in [-0.25, -0.2) is 0 Å². The molecule has 0 saturated heterocycles. The number of aromatic nitrogens is 2. The van der Waals surface area contributed by atoms with E-state index in [0.29, 0.717) is 0 Å². The van der Waals surface area contributed by atoms with Crippen LogP contribution in [0.3, 0.4) is 0 Å². The Morgan fingerprint density at radius 1 is 0.773 bits per heavy atom. The van der Waals surface area contributed by atoms with Crippen molar-refractivity contribution in [2.24, 2.45) is 0 Å². The van der Waals surface area contributed by atoms with Crippen LogP contribution in [0.25, 0.3) is 15.7 Å². The van der Waals surface area contributed by atoms with Gasteiger partial charge in [0, 0.05) is 0 Å². The molecule has 6 heteroatoms. The van der Waals surface area contributed by atoms with E-state index < -0.39 is 7.26 Å². The van der Waals surface area contributed by atoms with Gasteiger partial charge in [-0.15, -0.1) is 0 Å². The quantitative estimate of drug-likeness (QED) is 0.127. The summed E-state index contributed by atoms with van der Waals surface area (Å²) in [5, 5.41) is 6.80. The Hall–Kier alpha value is -3.45. The summed E-state index contributed by atoms with van der Waals surface area (Å²) in [6.07, 6.45) is 12.0. The molecular weight excluding hydrogens is 770 g/mol. The van der Waals surface area contributed by atoms with Crippen LogP contribution >= 0.6 is 29.9 Å². The predicted octanol–water partition coefficient (Wildman–Crippen LogP) is 8.95. The third-order valence-corrected chi connectivity index (χ3v) is 15.0. The van der Waals surface area contributed by atoms with Gasteiger partial charge in [0.1, 0.15) is 0 Å². The van der Waals surface area contributed by atoms with Crippen molar-refractivity contribution >= 4 is 61.6 Å². The van der Waals surface area contributed by atoms with Crippen molar-refractivity contribution in [1.29, 1.82) is 0 Å². The molecule has 0 N–H and O–H groups in total. The molecule has 1 aliphatic carbocycles. The monoisotopic (exact) mass is 802 g/mol. The van der Waals surface area contributed by atoms with Gasteiger partial charge in [0.2, 0.25) is 0 Å². The molecule has 0 spiro atoms. The molecule has 1 aliphatic rings. The fourth-order valence-electron chi connectivity index (χ4n) is 5.75. The number of allylic oxidation sites excluding steroid dienone is 7. The summed E-state index contributed by atoms with van der Waals surface area (Å²) >= 11 is 4.97. The first kappa shape index (κ1) is 30.6. The molecule has 0 aliphatic heterocycles. The fraction of sp³-hybridized carbons (Fsp3) is 0.132. The first-order valence-corrected chi connectivity index (χ1v) is 19.3. The second-order valence-corrected chi connectivity index (χ2v) is 16.3. The molecule has 2 nitrogen and oxygen atoms in total. The van der Waals surface area contributed by atoms with E-state index in [1.54, 1.807) is 40.6 Å². The molecule has 3 aromatic carbocycles. The number of rotatable bonds is 6. The standard InChI is InChI=1S/C38H31N2PS2.Os/c1-4-16-35-39-37-38(42-35)40-36(43-37)26-25-30(27-31-18-15-17-29(31)5-2)28(3)41(32-19-9-6-10-20-32,33-21-11-7-12-22-33)34-23-13-8-14-24-34;/h4-14,16,19-24,27H,15,17-18H2,1-2H3;/q+1;/b16-4+,29-5?,30-28?,31-27?;. The number of benzene rings is 3. The van der Waals surface area contributed by atoms with Crippen molar-refractivity contribution in [2.45, 2.75) is 33.1 Å². The minimum atomic E-state index is -2.38. The van der Waals surface area contributed by atoms with E-state index in [2.05, 4.69) is 126 Å². The van der Waals surface area contributed by atoms with E-state index in [0.717, 1.165) is 43.4 Å². The topological polar surface area (TPSA) is 25.8 Å².